The second-order valence-electron chi connectivity index (χ2n) is 7.11. The van der Waals surface area contributed by atoms with Crippen LogP contribution in [0.1, 0.15) is 52.1 Å². The maximum atomic E-state index is 12.1. The highest BCUT2D eigenvalue weighted by atomic mass is 127. The number of hydrogen-bond donors (Lipinski definition) is 0. The van der Waals surface area contributed by atoms with E-state index in [9.17, 15) is 9.59 Å². The monoisotopic (exact) mass is 463 g/mol. The summed E-state index contributed by atoms with van der Waals surface area (Å²) in [6.07, 6.45) is 3.29. The second kappa shape index (κ2) is 8.37. The van der Waals surface area contributed by atoms with Crippen LogP contribution in [-0.4, -0.2) is 52.0 Å². The molecule has 0 bridgehead atoms. The summed E-state index contributed by atoms with van der Waals surface area (Å²) < 4.78 is 13.1. The molecule has 7 nitrogen and oxygen atoms in total. The van der Waals surface area contributed by atoms with Crippen LogP contribution in [-0.2, 0) is 20.8 Å². The van der Waals surface area contributed by atoms with Gasteiger partial charge >= 0.3 is 12.1 Å². The maximum absolute atomic E-state index is 12.1. The summed E-state index contributed by atoms with van der Waals surface area (Å²) in [5.74, 6) is 0.00160. The molecule has 0 spiro atoms. The third kappa shape index (κ3) is 5.86. The van der Waals surface area contributed by atoms with Crippen LogP contribution in [0.4, 0.5) is 4.79 Å². The van der Waals surface area contributed by atoms with Crippen LogP contribution in [0.15, 0.2) is 6.20 Å². The van der Waals surface area contributed by atoms with Crippen molar-refractivity contribution in [2.75, 3.05) is 19.7 Å². The summed E-state index contributed by atoms with van der Waals surface area (Å²) >= 11 is 2.25. The Morgan fingerprint density at radius 3 is 2.52 bits per heavy atom. The lowest BCUT2D eigenvalue weighted by Crippen LogP contribution is -2.41. The van der Waals surface area contributed by atoms with Crippen LogP contribution in [0.3, 0.4) is 0 Å². The fourth-order valence-electron chi connectivity index (χ4n) is 2.77. The number of amides is 1. The molecule has 140 valence electrons. The van der Waals surface area contributed by atoms with Crippen molar-refractivity contribution in [1.82, 2.24) is 14.7 Å². The first-order valence-corrected chi connectivity index (χ1v) is 9.64. The zero-order valence-electron chi connectivity index (χ0n) is 15.2. The highest BCUT2D eigenvalue weighted by molar-refractivity contribution is 14.1. The van der Waals surface area contributed by atoms with Crippen LogP contribution in [0.25, 0.3) is 0 Å². The average Bonchev–Trinajstić information content (AvgIpc) is 2.86. The number of hydrogen-bond acceptors (Lipinski definition) is 5. The van der Waals surface area contributed by atoms with Gasteiger partial charge in [0.25, 0.3) is 0 Å². The molecule has 0 aliphatic carbocycles. The largest absolute Gasteiger partial charge is 0.465 e. The third-order valence-electron chi connectivity index (χ3n) is 3.87. The number of halogens is 1. The summed E-state index contributed by atoms with van der Waals surface area (Å²) in [4.78, 5) is 25.5. The van der Waals surface area contributed by atoms with E-state index < -0.39 is 5.60 Å². The van der Waals surface area contributed by atoms with Crippen molar-refractivity contribution in [1.29, 1.82) is 0 Å². The zero-order chi connectivity index (χ0) is 18.6. The quantitative estimate of drug-likeness (QED) is 0.507. The molecule has 1 amide bonds. The Bertz CT molecular complexity index is 616. The number of rotatable bonds is 4. The number of aromatic nitrogens is 2. The molecule has 1 aliphatic heterocycles. The van der Waals surface area contributed by atoms with Crippen LogP contribution < -0.4 is 0 Å². The molecule has 0 atom stereocenters. The number of carbonyl (C=O) groups excluding carboxylic acids is 2. The van der Waals surface area contributed by atoms with E-state index in [0.29, 0.717) is 19.7 Å². The van der Waals surface area contributed by atoms with Gasteiger partial charge in [0.15, 0.2) is 0 Å². The smallest absolute Gasteiger partial charge is 0.410 e. The molecule has 1 fully saturated rings. The Kier molecular flexibility index (Phi) is 6.70. The van der Waals surface area contributed by atoms with Crippen molar-refractivity contribution < 1.29 is 19.1 Å². The van der Waals surface area contributed by atoms with Gasteiger partial charge < -0.3 is 14.4 Å². The lowest BCUT2D eigenvalue weighted by atomic mass is 9.94. The average molecular weight is 463 g/mol. The molecular weight excluding hydrogens is 437 g/mol. The van der Waals surface area contributed by atoms with E-state index in [2.05, 4.69) is 27.7 Å². The van der Waals surface area contributed by atoms with Gasteiger partial charge in [-0.15, -0.1) is 0 Å². The summed E-state index contributed by atoms with van der Waals surface area (Å²) in [5.41, 5.74) is 0.517. The molecule has 1 aromatic heterocycles. The van der Waals surface area contributed by atoms with E-state index in [-0.39, 0.29) is 24.5 Å². The topological polar surface area (TPSA) is 73.7 Å². The molecule has 25 heavy (non-hydrogen) atoms. The van der Waals surface area contributed by atoms with Crippen LogP contribution in [0.2, 0.25) is 0 Å². The Balaban J connectivity index is 1.93. The van der Waals surface area contributed by atoms with Crippen molar-refractivity contribution in [3.63, 3.8) is 0 Å². The van der Waals surface area contributed by atoms with E-state index in [0.717, 1.165) is 22.1 Å². The van der Waals surface area contributed by atoms with E-state index in [1.807, 2.05) is 27.0 Å². The van der Waals surface area contributed by atoms with Crippen molar-refractivity contribution in [3.8, 4) is 0 Å². The molecule has 0 saturated carbocycles. The molecule has 2 rings (SSSR count). The minimum atomic E-state index is -0.477. The summed E-state index contributed by atoms with van der Waals surface area (Å²) in [6, 6.07) is 0. The third-order valence-corrected chi connectivity index (χ3v) is 4.70. The Morgan fingerprint density at radius 2 is 1.96 bits per heavy atom. The number of likely N-dealkylation sites (tertiary alicyclic amines) is 1. The minimum absolute atomic E-state index is 0.126. The fourth-order valence-corrected chi connectivity index (χ4v) is 3.64. The highest BCUT2D eigenvalue weighted by Gasteiger charge is 2.29. The molecule has 1 saturated heterocycles. The van der Waals surface area contributed by atoms with E-state index in [1.54, 1.807) is 16.5 Å². The molecular formula is C17H26IN3O4. The van der Waals surface area contributed by atoms with E-state index in [4.69, 9.17) is 9.47 Å². The summed E-state index contributed by atoms with van der Waals surface area (Å²) in [7, 11) is 0. The summed E-state index contributed by atoms with van der Waals surface area (Å²) in [5, 5.41) is 4.56. The predicted octanol–water partition coefficient (Wildman–Crippen LogP) is 3.17. The number of carbonyl (C=O) groups is 2. The van der Waals surface area contributed by atoms with Crippen molar-refractivity contribution >= 4 is 34.7 Å². The van der Waals surface area contributed by atoms with Crippen LogP contribution >= 0.6 is 22.6 Å². The predicted molar refractivity (Wildman–Crippen MR) is 101 cm³/mol. The molecule has 0 N–H and O–H groups in total. The van der Waals surface area contributed by atoms with Gasteiger partial charge in [0.2, 0.25) is 0 Å². The zero-order valence-corrected chi connectivity index (χ0v) is 17.4. The minimum Gasteiger partial charge on any atom is -0.465 e. The second-order valence-corrected chi connectivity index (χ2v) is 8.27. The first kappa shape index (κ1) is 20.0. The van der Waals surface area contributed by atoms with Crippen molar-refractivity contribution in [2.24, 2.45) is 0 Å². The molecule has 1 aliphatic rings. The standard InChI is InChI=1S/C17H26IN3O4/c1-5-24-14(22)11-21-10-13(18)15(19-21)12-6-8-20(9-7-12)16(23)25-17(2,3)4/h10,12H,5-9,11H2,1-4H3. The van der Waals surface area contributed by atoms with Gasteiger partial charge in [-0.2, -0.15) is 5.10 Å². The molecule has 1 aromatic rings. The number of esters is 1. The van der Waals surface area contributed by atoms with Gasteiger partial charge in [-0.1, -0.05) is 0 Å². The van der Waals surface area contributed by atoms with Crippen LogP contribution in [0, 0.1) is 3.57 Å². The maximum Gasteiger partial charge on any atom is 0.410 e. The van der Waals surface area contributed by atoms with Gasteiger partial charge in [-0.05, 0) is 63.1 Å². The van der Waals surface area contributed by atoms with Gasteiger partial charge in [0, 0.05) is 25.2 Å². The number of nitrogens with zero attached hydrogens (tertiary/aromatic N) is 3. The van der Waals surface area contributed by atoms with Gasteiger partial charge in [0.05, 0.1) is 15.9 Å². The number of piperidine rings is 1. The first-order valence-electron chi connectivity index (χ1n) is 8.56. The lowest BCUT2D eigenvalue weighted by molar-refractivity contribution is -0.144. The Labute approximate surface area is 162 Å². The molecule has 8 heteroatoms. The fraction of sp³-hybridized carbons (Fsp3) is 0.706. The van der Waals surface area contributed by atoms with Gasteiger partial charge in [-0.3, -0.25) is 9.48 Å². The molecule has 0 unspecified atom stereocenters. The van der Waals surface area contributed by atoms with E-state index in [1.165, 1.54) is 0 Å². The molecule has 0 aromatic carbocycles. The van der Waals surface area contributed by atoms with Gasteiger partial charge in [-0.25, -0.2) is 4.79 Å². The molecule has 2 heterocycles. The van der Waals surface area contributed by atoms with Gasteiger partial charge in [0.1, 0.15) is 12.1 Å². The van der Waals surface area contributed by atoms with Crippen molar-refractivity contribution in [2.45, 2.75) is 58.6 Å². The van der Waals surface area contributed by atoms with Crippen LogP contribution in [0.5, 0.6) is 0 Å². The lowest BCUT2D eigenvalue weighted by Gasteiger charge is -2.33. The van der Waals surface area contributed by atoms with Crippen molar-refractivity contribution in [3.05, 3.63) is 15.5 Å². The first-order chi connectivity index (χ1) is 11.7. The van der Waals surface area contributed by atoms with E-state index >= 15 is 0 Å². The molecule has 0 radical (unpaired) electrons. The summed E-state index contributed by atoms with van der Waals surface area (Å²) in [6.45, 7) is 9.20. The Morgan fingerprint density at radius 1 is 1.32 bits per heavy atom. The Hall–Kier alpha value is -1.32. The highest BCUT2D eigenvalue weighted by Crippen LogP contribution is 2.30. The SMILES string of the molecule is CCOC(=O)Cn1cc(I)c(C2CCN(C(=O)OC(C)(C)C)CC2)n1. The normalized spacial score (nSPS) is 16.0. The number of ether oxygens (including phenoxy) is 2.